The number of hydrogen-bond donors (Lipinski definition) is 7. The first kappa shape index (κ1) is 27.7. The summed E-state index contributed by atoms with van der Waals surface area (Å²) < 4.78 is 27.9. The van der Waals surface area contributed by atoms with E-state index < -0.39 is 74.6 Å². The average Bonchev–Trinajstić information content (AvgIpc) is 3.22. The second-order valence-electron chi connectivity index (χ2n) is 9.79. The number of carbonyl (C=O) groups is 1. The van der Waals surface area contributed by atoms with E-state index in [1.165, 1.54) is 18.2 Å². The summed E-state index contributed by atoms with van der Waals surface area (Å²) in [4.78, 5) is 12.5. The molecule has 39 heavy (non-hydrogen) atoms. The Morgan fingerprint density at radius 2 is 1.74 bits per heavy atom. The maximum absolute atomic E-state index is 12.5. The van der Waals surface area contributed by atoms with Crippen molar-refractivity contribution < 1.29 is 64.2 Å². The van der Waals surface area contributed by atoms with E-state index in [1.54, 1.807) is 24.3 Å². The van der Waals surface area contributed by atoms with E-state index in [-0.39, 0.29) is 29.5 Å². The van der Waals surface area contributed by atoms with Gasteiger partial charge in [-0.3, -0.25) is 4.79 Å². The van der Waals surface area contributed by atoms with Crippen LogP contribution in [0.25, 0.3) is 0 Å². The maximum Gasteiger partial charge on any atom is 0.229 e. The van der Waals surface area contributed by atoms with E-state index in [0.717, 1.165) is 0 Å². The average molecular weight is 551 g/mol. The molecule has 0 radical (unpaired) electrons. The van der Waals surface area contributed by atoms with Crippen LogP contribution in [0.2, 0.25) is 0 Å². The number of aromatic hydroxyl groups is 1. The second kappa shape index (κ2) is 11.0. The number of Topliss-reactive ketones (excluding diaryl/α,β-unsaturated/α-hetero) is 1. The van der Waals surface area contributed by atoms with Crippen LogP contribution < -0.4 is 9.47 Å². The van der Waals surface area contributed by atoms with Crippen LogP contribution >= 0.6 is 0 Å². The van der Waals surface area contributed by atoms with Crippen molar-refractivity contribution in [3.8, 4) is 17.2 Å². The number of phenols is 1. The minimum atomic E-state index is -1.96. The van der Waals surface area contributed by atoms with Gasteiger partial charge in [0.05, 0.1) is 31.8 Å². The smallest absolute Gasteiger partial charge is 0.229 e. The predicted octanol–water partition coefficient (Wildman–Crippen LogP) is -1.26. The standard InChI is InChI=1S/C26H30O13/c27-9-19-22(39-25-23(33)26(34,10-28)11-35-25)20(31)21(32)24(38-19)36-14-4-1-12(2-5-14)17-8-16(30)15-6-3-13(29)7-18(15)37-17/h1-7,17,19-25,27-29,31-34H,8-11H2/t17-,19+,20+,21+,22+,23-,24+,25-,26+/m0/s1. The second-order valence-corrected chi connectivity index (χ2v) is 9.79. The monoisotopic (exact) mass is 550 g/mol. The normalized spacial score (nSPS) is 36.3. The van der Waals surface area contributed by atoms with E-state index in [9.17, 15) is 40.5 Å². The minimum Gasteiger partial charge on any atom is -0.508 e. The van der Waals surface area contributed by atoms with Crippen LogP contribution in [0, 0.1) is 0 Å². The number of ketones is 1. The lowest BCUT2D eigenvalue weighted by Gasteiger charge is -2.42. The maximum atomic E-state index is 12.5. The van der Waals surface area contributed by atoms with Crippen LogP contribution in [0.5, 0.6) is 17.2 Å². The van der Waals surface area contributed by atoms with Crippen LogP contribution in [0.15, 0.2) is 42.5 Å². The van der Waals surface area contributed by atoms with Crippen molar-refractivity contribution in [1.82, 2.24) is 0 Å². The van der Waals surface area contributed by atoms with Crippen LogP contribution in [0.4, 0.5) is 0 Å². The molecule has 0 aromatic heterocycles. The molecule has 0 unspecified atom stereocenters. The molecular weight excluding hydrogens is 520 g/mol. The lowest BCUT2D eigenvalue weighted by atomic mass is 9.96. The molecule has 3 heterocycles. The number of hydrogen-bond acceptors (Lipinski definition) is 13. The molecule has 5 rings (SSSR count). The van der Waals surface area contributed by atoms with Gasteiger partial charge < -0.3 is 59.4 Å². The molecule has 0 amide bonds. The first-order chi connectivity index (χ1) is 18.6. The first-order valence-corrected chi connectivity index (χ1v) is 12.3. The number of phenolic OH excluding ortho intramolecular Hbond substituents is 1. The highest BCUT2D eigenvalue weighted by Gasteiger charge is 2.53. The molecule has 0 bridgehead atoms. The van der Waals surface area contributed by atoms with Gasteiger partial charge in [0.25, 0.3) is 0 Å². The Kier molecular flexibility index (Phi) is 7.79. The van der Waals surface area contributed by atoms with E-state index in [2.05, 4.69) is 0 Å². The van der Waals surface area contributed by atoms with Crippen LogP contribution in [0.1, 0.15) is 28.4 Å². The Hall–Kier alpha value is -2.85. The van der Waals surface area contributed by atoms with E-state index in [0.29, 0.717) is 11.1 Å². The molecule has 3 aliphatic rings. The number of aliphatic hydroxyl groups is 6. The fraction of sp³-hybridized carbons (Fsp3) is 0.500. The molecule has 7 N–H and O–H groups in total. The third-order valence-electron chi connectivity index (χ3n) is 7.10. The SMILES string of the molecule is O=C1C[C@@H](c2ccc(O[C@@H]3O[C@H](CO)[C@@H](O[C@@H]4OC[C@](O)(CO)[C@H]4O)[C@H](O)[C@H]3O)cc2)Oc2cc(O)ccc21. The van der Waals surface area contributed by atoms with Crippen molar-refractivity contribution in [2.75, 3.05) is 19.8 Å². The first-order valence-electron chi connectivity index (χ1n) is 12.3. The van der Waals surface area contributed by atoms with Crippen molar-refractivity contribution in [3.63, 3.8) is 0 Å². The van der Waals surface area contributed by atoms with Gasteiger partial charge in [-0.05, 0) is 29.8 Å². The van der Waals surface area contributed by atoms with Gasteiger partial charge in [0.15, 0.2) is 12.1 Å². The highest BCUT2D eigenvalue weighted by molar-refractivity contribution is 6.00. The Morgan fingerprint density at radius 1 is 1.00 bits per heavy atom. The number of aliphatic hydroxyl groups excluding tert-OH is 5. The summed E-state index contributed by atoms with van der Waals surface area (Å²) in [6, 6.07) is 10.7. The van der Waals surface area contributed by atoms with E-state index >= 15 is 0 Å². The number of fused-ring (bicyclic) bond motifs is 1. The van der Waals surface area contributed by atoms with Crippen molar-refractivity contribution >= 4 is 5.78 Å². The zero-order chi connectivity index (χ0) is 27.9. The largest absolute Gasteiger partial charge is 0.508 e. The Balaban J connectivity index is 1.23. The zero-order valence-corrected chi connectivity index (χ0v) is 20.6. The molecule has 0 aliphatic carbocycles. The van der Waals surface area contributed by atoms with Crippen LogP contribution in [-0.4, -0.2) is 110 Å². The summed E-state index contributed by atoms with van der Waals surface area (Å²) in [5, 5.41) is 70.5. The predicted molar refractivity (Wildman–Crippen MR) is 128 cm³/mol. The van der Waals surface area contributed by atoms with Gasteiger partial charge in [-0.2, -0.15) is 0 Å². The summed E-state index contributed by atoms with van der Waals surface area (Å²) in [5.41, 5.74) is -0.906. The molecule has 2 fully saturated rings. The van der Waals surface area contributed by atoms with Gasteiger partial charge in [-0.25, -0.2) is 0 Å². The topological polar surface area (TPSA) is 205 Å². The number of benzene rings is 2. The molecule has 2 aromatic rings. The Morgan fingerprint density at radius 3 is 2.41 bits per heavy atom. The molecule has 9 atom stereocenters. The quantitative estimate of drug-likeness (QED) is 0.215. The van der Waals surface area contributed by atoms with E-state index in [1.807, 2.05) is 0 Å². The summed E-state index contributed by atoms with van der Waals surface area (Å²) in [5.74, 6) is 0.380. The van der Waals surface area contributed by atoms with Crippen molar-refractivity contribution in [3.05, 3.63) is 53.6 Å². The van der Waals surface area contributed by atoms with E-state index in [4.69, 9.17) is 23.7 Å². The van der Waals surface area contributed by atoms with Gasteiger partial charge in [0.2, 0.25) is 6.29 Å². The zero-order valence-electron chi connectivity index (χ0n) is 20.6. The third kappa shape index (κ3) is 5.33. The molecule has 0 spiro atoms. The Labute approximate surface area is 222 Å². The Bertz CT molecular complexity index is 1170. The molecule has 2 saturated heterocycles. The van der Waals surface area contributed by atoms with Gasteiger partial charge in [-0.1, -0.05) is 12.1 Å². The van der Waals surface area contributed by atoms with Gasteiger partial charge in [-0.15, -0.1) is 0 Å². The molecule has 3 aliphatic heterocycles. The third-order valence-corrected chi connectivity index (χ3v) is 7.10. The van der Waals surface area contributed by atoms with Crippen molar-refractivity contribution in [2.45, 2.75) is 61.2 Å². The molecular formula is C26H30O13. The fourth-order valence-electron chi connectivity index (χ4n) is 4.78. The molecule has 212 valence electrons. The summed E-state index contributed by atoms with van der Waals surface area (Å²) in [6.07, 6.45) is -10.9. The summed E-state index contributed by atoms with van der Waals surface area (Å²) >= 11 is 0. The van der Waals surface area contributed by atoms with Crippen LogP contribution in [0.3, 0.4) is 0 Å². The van der Waals surface area contributed by atoms with Gasteiger partial charge in [0.1, 0.15) is 59.5 Å². The lowest BCUT2D eigenvalue weighted by Crippen LogP contribution is -2.62. The number of ether oxygens (including phenoxy) is 5. The van der Waals surface area contributed by atoms with Crippen molar-refractivity contribution in [1.29, 1.82) is 0 Å². The van der Waals surface area contributed by atoms with Crippen LogP contribution in [-0.2, 0) is 14.2 Å². The molecule has 13 heteroatoms. The van der Waals surface area contributed by atoms with Crippen molar-refractivity contribution in [2.24, 2.45) is 0 Å². The summed E-state index contributed by atoms with van der Waals surface area (Å²) in [6.45, 7) is -1.87. The summed E-state index contributed by atoms with van der Waals surface area (Å²) in [7, 11) is 0. The van der Waals surface area contributed by atoms with Gasteiger partial charge in [0, 0.05) is 6.07 Å². The lowest BCUT2D eigenvalue weighted by molar-refractivity contribution is -0.313. The minimum absolute atomic E-state index is 0.0217. The fourth-order valence-corrected chi connectivity index (χ4v) is 4.78. The number of rotatable bonds is 7. The highest BCUT2D eigenvalue weighted by atomic mass is 16.7. The molecule has 0 saturated carbocycles. The van der Waals surface area contributed by atoms with Gasteiger partial charge >= 0.3 is 0 Å². The molecule has 2 aromatic carbocycles. The molecule has 13 nitrogen and oxygen atoms in total. The number of carbonyl (C=O) groups excluding carboxylic acids is 1. The highest BCUT2D eigenvalue weighted by Crippen LogP contribution is 2.37.